The molecule has 3 rings (SSSR count). The minimum Gasteiger partial charge on any atom is -0.480 e. The average Bonchev–Trinajstić information content (AvgIpc) is 2.76. The van der Waals surface area contributed by atoms with E-state index in [9.17, 15) is 26.7 Å². The Morgan fingerprint density at radius 1 is 0.824 bits per heavy atom. The van der Waals surface area contributed by atoms with Gasteiger partial charge in [0.25, 0.3) is 20.0 Å². The van der Waals surface area contributed by atoms with Crippen LogP contribution in [-0.2, 0) is 31.3 Å². The molecule has 3 N–H and O–H groups in total. The standard InChI is InChI=1S/C24H26N2O6S2/c1-16-4-10-21(11-5-16)33(29,30)26(34(31,32)22-12-6-17(2)7-13-22)20-9-8-18(3)19(14-20)15-23(25)24(27)28/h4-14,23H,15,25H2,1-3H3,(H,27,28)/t23-/m0/s1. The van der Waals surface area contributed by atoms with E-state index in [1.165, 1.54) is 36.4 Å². The van der Waals surface area contributed by atoms with Gasteiger partial charge in [0.1, 0.15) is 6.04 Å². The summed E-state index contributed by atoms with van der Waals surface area (Å²) in [5, 5.41) is 9.19. The Morgan fingerprint density at radius 3 is 1.68 bits per heavy atom. The van der Waals surface area contributed by atoms with E-state index in [1.54, 1.807) is 51.1 Å². The van der Waals surface area contributed by atoms with E-state index in [2.05, 4.69) is 0 Å². The van der Waals surface area contributed by atoms with E-state index >= 15 is 0 Å². The van der Waals surface area contributed by atoms with Crippen molar-refractivity contribution in [1.29, 1.82) is 0 Å². The average molecular weight is 503 g/mol. The van der Waals surface area contributed by atoms with Gasteiger partial charge in [0.15, 0.2) is 0 Å². The number of hydrogen-bond acceptors (Lipinski definition) is 6. The van der Waals surface area contributed by atoms with Crippen LogP contribution in [0.4, 0.5) is 5.69 Å². The van der Waals surface area contributed by atoms with Crippen LogP contribution in [0, 0.1) is 20.8 Å². The van der Waals surface area contributed by atoms with Crippen LogP contribution < -0.4 is 9.44 Å². The smallest absolute Gasteiger partial charge is 0.320 e. The van der Waals surface area contributed by atoms with Crippen molar-refractivity contribution in [2.75, 3.05) is 3.71 Å². The molecule has 0 spiro atoms. The number of aliphatic carboxylic acids is 1. The number of sulfonamides is 2. The van der Waals surface area contributed by atoms with Crippen molar-refractivity contribution in [3.05, 3.63) is 89.0 Å². The van der Waals surface area contributed by atoms with Crippen molar-refractivity contribution >= 4 is 31.7 Å². The largest absolute Gasteiger partial charge is 0.480 e. The zero-order valence-corrected chi connectivity index (χ0v) is 20.6. The van der Waals surface area contributed by atoms with Crippen LogP contribution >= 0.6 is 0 Å². The van der Waals surface area contributed by atoms with Gasteiger partial charge in [-0.2, -0.15) is 3.71 Å². The van der Waals surface area contributed by atoms with Crippen LogP contribution in [0.25, 0.3) is 0 Å². The Kier molecular flexibility index (Phi) is 7.15. The van der Waals surface area contributed by atoms with Crippen molar-refractivity contribution in [2.24, 2.45) is 5.73 Å². The van der Waals surface area contributed by atoms with Gasteiger partial charge in [0.2, 0.25) is 0 Å². The Morgan fingerprint density at radius 2 is 1.26 bits per heavy atom. The van der Waals surface area contributed by atoms with Crippen LogP contribution in [0.1, 0.15) is 22.3 Å². The molecule has 8 nitrogen and oxygen atoms in total. The highest BCUT2D eigenvalue weighted by Gasteiger charge is 2.37. The lowest BCUT2D eigenvalue weighted by Crippen LogP contribution is -2.37. The number of carbonyl (C=O) groups is 1. The van der Waals surface area contributed by atoms with Gasteiger partial charge in [0.05, 0.1) is 15.5 Å². The molecule has 0 aliphatic heterocycles. The molecular weight excluding hydrogens is 476 g/mol. The summed E-state index contributed by atoms with van der Waals surface area (Å²) < 4.78 is 55.1. The third kappa shape index (κ3) is 5.14. The van der Waals surface area contributed by atoms with Crippen LogP contribution in [-0.4, -0.2) is 34.0 Å². The Hall–Kier alpha value is -3.21. The van der Waals surface area contributed by atoms with Crippen LogP contribution in [0.2, 0.25) is 0 Å². The topological polar surface area (TPSA) is 135 Å². The summed E-state index contributed by atoms with van der Waals surface area (Å²) in [5.41, 5.74) is 8.24. The maximum atomic E-state index is 13.7. The first-order valence-electron chi connectivity index (χ1n) is 10.4. The van der Waals surface area contributed by atoms with Gasteiger partial charge < -0.3 is 10.8 Å². The molecule has 0 saturated carbocycles. The van der Waals surface area contributed by atoms with E-state index in [1.807, 2.05) is 0 Å². The molecule has 34 heavy (non-hydrogen) atoms. The number of carboxylic acid groups (broad SMARTS) is 1. The summed E-state index contributed by atoms with van der Waals surface area (Å²) in [6.45, 7) is 5.28. The second-order valence-corrected chi connectivity index (χ2v) is 11.9. The van der Waals surface area contributed by atoms with Crippen LogP contribution in [0.3, 0.4) is 0 Å². The van der Waals surface area contributed by atoms with Crippen molar-refractivity contribution in [1.82, 2.24) is 0 Å². The van der Waals surface area contributed by atoms with Gasteiger partial charge >= 0.3 is 5.97 Å². The lowest BCUT2D eigenvalue weighted by molar-refractivity contribution is -0.138. The number of carboxylic acids is 1. The van der Waals surface area contributed by atoms with Gasteiger partial charge in [0, 0.05) is 0 Å². The monoisotopic (exact) mass is 502 g/mol. The van der Waals surface area contributed by atoms with Crippen molar-refractivity contribution in [3.8, 4) is 0 Å². The Bertz CT molecular complexity index is 1340. The predicted molar refractivity (Wildman–Crippen MR) is 130 cm³/mol. The zero-order valence-electron chi connectivity index (χ0n) is 19.0. The van der Waals surface area contributed by atoms with Gasteiger partial charge in [-0.1, -0.05) is 41.5 Å². The molecule has 0 fully saturated rings. The molecule has 0 aromatic heterocycles. The van der Waals surface area contributed by atoms with Gasteiger partial charge in [-0.3, -0.25) is 4.79 Å². The highest BCUT2D eigenvalue weighted by molar-refractivity contribution is 8.10. The van der Waals surface area contributed by atoms with Gasteiger partial charge in [-0.15, -0.1) is 0 Å². The first-order valence-corrected chi connectivity index (χ1v) is 13.2. The quantitative estimate of drug-likeness (QED) is 0.483. The summed E-state index contributed by atoms with van der Waals surface area (Å²) in [5.74, 6) is -1.22. The molecule has 3 aromatic rings. The second kappa shape index (κ2) is 9.57. The third-order valence-corrected chi connectivity index (χ3v) is 9.58. The second-order valence-electron chi connectivity index (χ2n) is 8.09. The molecule has 0 unspecified atom stereocenters. The molecule has 0 heterocycles. The maximum absolute atomic E-state index is 13.7. The summed E-state index contributed by atoms with van der Waals surface area (Å²) in [4.78, 5) is 10.9. The van der Waals surface area contributed by atoms with E-state index < -0.39 is 32.1 Å². The van der Waals surface area contributed by atoms with Gasteiger partial charge in [-0.25, -0.2) is 16.8 Å². The fraction of sp³-hybridized carbons (Fsp3) is 0.208. The molecule has 1 atom stereocenters. The predicted octanol–water partition coefficient (Wildman–Crippen LogP) is 3.15. The van der Waals surface area contributed by atoms with E-state index in [4.69, 9.17) is 5.73 Å². The summed E-state index contributed by atoms with van der Waals surface area (Å²) >= 11 is 0. The van der Waals surface area contributed by atoms with Crippen molar-refractivity contribution < 1.29 is 26.7 Å². The minimum absolute atomic E-state index is 0.0992. The SMILES string of the molecule is Cc1ccc(S(=O)(=O)N(c2ccc(C)c(C[C@H](N)C(=O)O)c2)S(=O)(=O)c2ccc(C)cc2)cc1. The van der Waals surface area contributed by atoms with E-state index in [0.717, 1.165) is 11.1 Å². The number of rotatable bonds is 8. The highest BCUT2D eigenvalue weighted by Crippen LogP contribution is 2.32. The summed E-state index contributed by atoms with van der Waals surface area (Å²) in [7, 11) is -9.13. The molecule has 0 saturated heterocycles. The van der Waals surface area contributed by atoms with Crippen molar-refractivity contribution in [3.63, 3.8) is 0 Å². The summed E-state index contributed by atoms with van der Waals surface area (Å²) in [6.07, 6.45) is -0.0992. The fourth-order valence-corrected chi connectivity index (χ4v) is 7.01. The number of anilines is 1. The third-order valence-electron chi connectivity index (χ3n) is 5.37. The first kappa shape index (κ1) is 25.4. The molecule has 0 aliphatic rings. The summed E-state index contributed by atoms with van der Waals surface area (Å²) in [6, 6.07) is 14.7. The number of nitrogens with zero attached hydrogens (tertiary/aromatic N) is 1. The normalized spacial score (nSPS) is 12.8. The van der Waals surface area contributed by atoms with Crippen LogP contribution in [0.5, 0.6) is 0 Å². The minimum atomic E-state index is -4.56. The number of aryl methyl sites for hydroxylation is 3. The number of hydrogen-bond donors (Lipinski definition) is 2. The first-order chi connectivity index (χ1) is 15.8. The van der Waals surface area contributed by atoms with E-state index in [-0.39, 0.29) is 21.9 Å². The molecule has 180 valence electrons. The lowest BCUT2D eigenvalue weighted by Gasteiger charge is -2.25. The molecule has 0 radical (unpaired) electrons. The Balaban J connectivity index is 2.25. The molecular formula is C24H26N2O6S2. The molecule has 0 amide bonds. The maximum Gasteiger partial charge on any atom is 0.320 e. The molecule has 0 bridgehead atoms. The van der Waals surface area contributed by atoms with Crippen LogP contribution in [0.15, 0.2) is 76.5 Å². The highest BCUT2D eigenvalue weighted by atomic mass is 32.3. The molecule has 10 heteroatoms. The lowest BCUT2D eigenvalue weighted by atomic mass is 10.0. The van der Waals surface area contributed by atoms with E-state index in [0.29, 0.717) is 14.8 Å². The van der Waals surface area contributed by atoms with Crippen molar-refractivity contribution in [2.45, 2.75) is 43.0 Å². The molecule has 3 aromatic carbocycles. The number of nitrogens with two attached hydrogens (primary N) is 1. The Labute approximate surface area is 199 Å². The fourth-order valence-electron chi connectivity index (χ4n) is 3.33. The molecule has 0 aliphatic carbocycles. The number of benzene rings is 3. The van der Waals surface area contributed by atoms with Gasteiger partial charge in [-0.05, 0) is 74.7 Å². The zero-order chi connectivity index (χ0) is 25.3.